The molecule has 0 aromatic heterocycles. The van der Waals surface area contributed by atoms with Crippen LogP contribution in [0.15, 0.2) is 46.9 Å². The van der Waals surface area contributed by atoms with Crippen LogP contribution < -0.4 is 4.74 Å². The molecule has 0 atom stereocenters. The van der Waals surface area contributed by atoms with E-state index in [-0.39, 0.29) is 6.61 Å². The second-order valence-corrected chi connectivity index (χ2v) is 5.62. The van der Waals surface area contributed by atoms with Gasteiger partial charge in [-0.1, -0.05) is 54.0 Å². The molecule has 2 rings (SSSR count). The lowest BCUT2D eigenvalue weighted by Gasteiger charge is -2.15. The van der Waals surface area contributed by atoms with E-state index in [1.54, 1.807) is 0 Å². The Morgan fingerprint density at radius 2 is 1.84 bits per heavy atom. The number of hydrogen-bond acceptors (Lipinski definition) is 2. The Morgan fingerprint density at radius 3 is 2.53 bits per heavy atom. The molecule has 0 aliphatic rings. The van der Waals surface area contributed by atoms with Gasteiger partial charge in [0.15, 0.2) is 0 Å². The maximum Gasteiger partial charge on any atom is 0.134 e. The minimum Gasteiger partial charge on any atom is -0.457 e. The molecule has 0 saturated carbocycles. The molecular formula is C16H17BrO2. The largest absolute Gasteiger partial charge is 0.457 e. The number of rotatable bonds is 4. The maximum absolute atomic E-state index is 9.37. The third kappa shape index (κ3) is 3.37. The van der Waals surface area contributed by atoms with E-state index in [1.807, 2.05) is 36.4 Å². The van der Waals surface area contributed by atoms with Crippen LogP contribution in [0.3, 0.4) is 0 Å². The highest BCUT2D eigenvalue weighted by atomic mass is 79.9. The fourth-order valence-corrected chi connectivity index (χ4v) is 2.26. The van der Waals surface area contributed by atoms with Gasteiger partial charge in [-0.25, -0.2) is 0 Å². The van der Waals surface area contributed by atoms with Crippen LogP contribution in [0.4, 0.5) is 0 Å². The number of aliphatic hydroxyl groups excluding tert-OH is 1. The predicted octanol–water partition coefficient (Wildman–Crippen LogP) is 4.86. The molecule has 0 radical (unpaired) electrons. The number of hydrogen-bond donors (Lipinski definition) is 1. The monoisotopic (exact) mass is 320 g/mol. The highest BCUT2D eigenvalue weighted by Gasteiger charge is 2.10. The molecule has 3 heteroatoms. The van der Waals surface area contributed by atoms with Gasteiger partial charge in [0.1, 0.15) is 11.5 Å². The molecule has 0 spiro atoms. The Bertz CT molecular complexity index is 564. The molecule has 100 valence electrons. The van der Waals surface area contributed by atoms with Crippen LogP contribution in [0.1, 0.15) is 30.9 Å². The molecule has 1 N–H and O–H groups in total. The smallest absolute Gasteiger partial charge is 0.134 e. The second kappa shape index (κ2) is 6.22. The van der Waals surface area contributed by atoms with Crippen LogP contribution in [-0.2, 0) is 6.61 Å². The van der Waals surface area contributed by atoms with Crippen molar-refractivity contribution in [3.63, 3.8) is 0 Å². The number of halogens is 1. The standard InChI is InChI=1S/C16H17BrO2/c1-11(2)14-5-3-4-6-15(14)19-16-9-13(17)8-7-12(16)10-18/h3-9,11,18H,10H2,1-2H3. The van der Waals surface area contributed by atoms with E-state index in [2.05, 4.69) is 35.8 Å². The molecule has 2 nitrogen and oxygen atoms in total. The summed E-state index contributed by atoms with van der Waals surface area (Å²) in [6, 6.07) is 13.6. The second-order valence-electron chi connectivity index (χ2n) is 4.70. The van der Waals surface area contributed by atoms with Crippen LogP contribution in [-0.4, -0.2) is 5.11 Å². The van der Waals surface area contributed by atoms with Crippen molar-refractivity contribution < 1.29 is 9.84 Å². The first-order valence-corrected chi connectivity index (χ1v) is 7.07. The van der Waals surface area contributed by atoms with Crippen LogP contribution in [0.25, 0.3) is 0 Å². The minimum absolute atomic E-state index is 0.0353. The first-order valence-electron chi connectivity index (χ1n) is 6.28. The molecule has 0 unspecified atom stereocenters. The molecule has 0 heterocycles. The first kappa shape index (κ1) is 14.1. The first-order chi connectivity index (χ1) is 9.11. The Balaban J connectivity index is 2.38. The summed E-state index contributed by atoms with van der Waals surface area (Å²) in [6.07, 6.45) is 0. The molecule has 2 aromatic carbocycles. The van der Waals surface area contributed by atoms with Crippen LogP contribution in [0.2, 0.25) is 0 Å². The zero-order chi connectivity index (χ0) is 13.8. The van der Waals surface area contributed by atoms with Gasteiger partial charge in [-0.3, -0.25) is 0 Å². The van der Waals surface area contributed by atoms with E-state index in [4.69, 9.17) is 4.74 Å². The minimum atomic E-state index is -0.0353. The van der Waals surface area contributed by atoms with Crippen molar-refractivity contribution in [3.8, 4) is 11.5 Å². The van der Waals surface area contributed by atoms with E-state index in [1.165, 1.54) is 0 Å². The number of benzene rings is 2. The van der Waals surface area contributed by atoms with Crippen molar-refractivity contribution in [2.24, 2.45) is 0 Å². The summed E-state index contributed by atoms with van der Waals surface area (Å²) in [5, 5.41) is 9.37. The summed E-state index contributed by atoms with van der Waals surface area (Å²) in [5.74, 6) is 1.91. The van der Waals surface area contributed by atoms with Crippen LogP contribution in [0.5, 0.6) is 11.5 Å². The Labute approximate surface area is 122 Å². The van der Waals surface area contributed by atoms with Gasteiger partial charge in [-0.05, 0) is 29.7 Å². The summed E-state index contributed by atoms with van der Waals surface area (Å²) in [5.41, 5.74) is 1.94. The van der Waals surface area contributed by atoms with Crippen LogP contribution in [0, 0.1) is 0 Å². The Kier molecular flexibility index (Phi) is 4.61. The molecule has 0 aliphatic heterocycles. The van der Waals surface area contributed by atoms with Gasteiger partial charge in [-0.15, -0.1) is 0 Å². The average molecular weight is 321 g/mol. The predicted molar refractivity (Wildman–Crippen MR) is 80.7 cm³/mol. The Morgan fingerprint density at radius 1 is 1.11 bits per heavy atom. The molecular weight excluding hydrogens is 304 g/mol. The van der Waals surface area contributed by atoms with Crippen molar-refractivity contribution in [1.29, 1.82) is 0 Å². The van der Waals surface area contributed by atoms with Gasteiger partial charge in [0, 0.05) is 10.0 Å². The number of ether oxygens (including phenoxy) is 1. The van der Waals surface area contributed by atoms with E-state index >= 15 is 0 Å². The van der Waals surface area contributed by atoms with Crippen molar-refractivity contribution >= 4 is 15.9 Å². The lowest BCUT2D eigenvalue weighted by atomic mass is 10.0. The lowest BCUT2D eigenvalue weighted by Crippen LogP contribution is -1.96. The highest BCUT2D eigenvalue weighted by Crippen LogP contribution is 2.33. The molecule has 0 saturated heterocycles. The number of para-hydroxylation sites is 1. The summed E-state index contributed by atoms with van der Waals surface area (Å²) >= 11 is 3.42. The molecule has 0 aliphatic carbocycles. The van der Waals surface area contributed by atoms with Crippen molar-refractivity contribution in [2.45, 2.75) is 26.4 Å². The molecule has 0 fully saturated rings. The van der Waals surface area contributed by atoms with Crippen molar-refractivity contribution in [2.75, 3.05) is 0 Å². The molecule has 19 heavy (non-hydrogen) atoms. The highest BCUT2D eigenvalue weighted by molar-refractivity contribution is 9.10. The summed E-state index contributed by atoms with van der Waals surface area (Å²) < 4.78 is 6.92. The maximum atomic E-state index is 9.37. The van der Waals surface area contributed by atoms with E-state index in [0.29, 0.717) is 11.7 Å². The molecule has 0 amide bonds. The zero-order valence-electron chi connectivity index (χ0n) is 11.1. The summed E-state index contributed by atoms with van der Waals surface area (Å²) in [6.45, 7) is 4.23. The zero-order valence-corrected chi connectivity index (χ0v) is 12.6. The fourth-order valence-electron chi connectivity index (χ4n) is 1.92. The van der Waals surface area contributed by atoms with Gasteiger partial charge < -0.3 is 9.84 Å². The van der Waals surface area contributed by atoms with E-state index < -0.39 is 0 Å². The van der Waals surface area contributed by atoms with Crippen LogP contribution >= 0.6 is 15.9 Å². The summed E-state index contributed by atoms with van der Waals surface area (Å²) in [4.78, 5) is 0. The summed E-state index contributed by atoms with van der Waals surface area (Å²) in [7, 11) is 0. The van der Waals surface area contributed by atoms with Gasteiger partial charge >= 0.3 is 0 Å². The van der Waals surface area contributed by atoms with Gasteiger partial charge in [0.25, 0.3) is 0 Å². The molecule has 2 aromatic rings. The SMILES string of the molecule is CC(C)c1ccccc1Oc1cc(Br)ccc1CO. The Hall–Kier alpha value is -1.32. The molecule has 0 bridgehead atoms. The normalized spacial score (nSPS) is 10.8. The third-order valence-corrected chi connectivity index (χ3v) is 3.45. The average Bonchev–Trinajstić information content (AvgIpc) is 2.39. The van der Waals surface area contributed by atoms with Gasteiger partial charge in [0.2, 0.25) is 0 Å². The van der Waals surface area contributed by atoms with E-state index in [0.717, 1.165) is 21.3 Å². The third-order valence-electron chi connectivity index (χ3n) is 2.96. The number of aliphatic hydroxyl groups is 1. The van der Waals surface area contributed by atoms with Crippen molar-refractivity contribution in [1.82, 2.24) is 0 Å². The van der Waals surface area contributed by atoms with Crippen molar-refractivity contribution in [3.05, 3.63) is 58.1 Å². The van der Waals surface area contributed by atoms with Gasteiger partial charge in [-0.2, -0.15) is 0 Å². The van der Waals surface area contributed by atoms with E-state index in [9.17, 15) is 5.11 Å². The fraction of sp³-hybridized carbons (Fsp3) is 0.250. The topological polar surface area (TPSA) is 29.5 Å². The van der Waals surface area contributed by atoms with Gasteiger partial charge in [0.05, 0.1) is 6.61 Å². The lowest BCUT2D eigenvalue weighted by molar-refractivity contribution is 0.276. The quantitative estimate of drug-likeness (QED) is 0.871.